The first-order chi connectivity index (χ1) is 7.24. The van der Waals surface area contributed by atoms with E-state index in [2.05, 4.69) is 0 Å². The fourth-order valence-corrected chi connectivity index (χ4v) is 1.22. The fourth-order valence-electron chi connectivity index (χ4n) is 1.22. The molecule has 0 fully saturated rings. The normalized spacial score (nSPS) is 12.1. The third kappa shape index (κ3) is 4.10. The molecule has 1 aromatic rings. The molecule has 0 heterocycles. The van der Waals surface area contributed by atoms with Crippen LogP contribution in [0.3, 0.4) is 0 Å². The van der Waals surface area contributed by atoms with E-state index in [9.17, 15) is 4.79 Å². The van der Waals surface area contributed by atoms with Crippen molar-refractivity contribution in [3.05, 3.63) is 35.9 Å². The monoisotopic (exact) mass is 208 g/mol. The molecule has 0 amide bonds. The van der Waals surface area contributed by atoms with Gasteiger partial charge in [-0.3, -0.25) is 4.79 Å². The molecule has 0 unspecified atom stereocenters. The van der Waals surface area contributed by atoms with Gasteiger partial charge in [-0.2, -0.15) is 0 Å². The topological polar surface area (TPSA) is 78.3 Å². The Morgan fingerprint density at radius 3 is 2.60 bits per heavy atom. The smallest absolute Gasteiger partial charge is 0.323 e. The molecule has 4 nitrogen and oxygen atoms in total. The molecule has 1 aromatic carbocycles. The van der Waals surface area contributed by atoms with Crippen LogP contribution in [0.2, 0.25) is 0 Å². The predicted molar refractivity (Wildman–Crippen MR) is 58.1 cm³/mol. The summed E-state index contributed by atoms with van der Waals surface area (Å²) in [6.45, 7) is 0.547. The standard InChI is InChI=1S/C11H16N2O2/c12-6-7-15-11(14)10(13)8-9-4-2-1-3-5-9/h1-5,10H,6-8,12-13H2/t10-/m1/s1. The molecular weight excluding hydrogens is 192 g/mol. The largest absolute Gasteiger partial charge is 0.463 e. The van der Waals surface area contributed by atoms with E-state index in [0.717, 1.165) is 5.56 Å². The zero-order chi connectivity index (χ0) is 11.1. The van der Waals surface area contributed by atoms with Gasteiger partial charge in [-0.05, 0) is 12.0 Å². The minimum atomic E-state index is -0.612. The van der Waals surface area contributed by atoms with Gasteiger partial charge in [0.05, 0.1) is 0 Å². The highest BCUT2D eigenvalue weighted by Crippen LogP contribution is 2.02. The molecule has 82 valence electrons. The van der Waals surface area contributed by atoms with E-state index in [1.54, 1.807) is 0 Å². The summed E-state index contributed by atoms with van der Waals surface area (Å²) in [7, 11) is 0. The van der Waals surface area contributed by atoms with Crippen molar-refractivity contribution in [1.82, 2.24) is 0 Å². The molecule has 0 aliphatic heterocycles. The van der Waals surface area contributed by atoms with Crippen LogP contribution < -0.4 is 11.5 Å². The molecular formula is C11H16N2O2. The first kappa shape index (κ1) is 11.7. The Bertz CT molecular complexity index is 301. The highest BCUT2D eigenvalue weighted by molar-refractivity contribution is 5.75. The number of carbonyl (C=O) groups excluding carboxylic acids is 1. The summed E-state index contributed by atoms with van der Waals surface area (Å²) in [5.41, 5.74) is 11.9. The molecule has 0 aliphatic rings. The summed E-state index contributed by atoms with van der Waals surface area (Å²) < 4.78 is 4.84. The lowest BCUT2D eigenvalue weighted by Gasteiger charge is -2.10. The summed E-state index contributed by atoms with van der Waals surface area (Å²) in [4.78, 5) is 11.3. The van der Waals surface area contributed by atoms with Crippen molar-refractivity contribution in [3.8, 4) is 0 Å². The number of hydrogen-bond acceptors (Lipinski definition) is 4. The number of benzene rings is 1. The van der Waals surface area contributed by atoms with Crippen molar-refractivity contribution in [2.75, 3.05) is 13.2 Å². The third-order valence-corrected chi connectivity index (χ3v) is 1.96. The third-order valence-electron chi connectivity index (χ3n) is 1.96. The molecule has 1 rings (SSSR count). The van der Waals surface area contributed by atoms with E-state index in [0.29, 0.717) is 13.0 Å². The minimum absolute atomic E-state index is 0.224. The molecule has 0 saturated carbocycles. The number of esters is 1. The van der Waals surface area contributed by atoms with Gasteiger partial charge in [-0.25, -0.2) is 0 Å². The first-order valence-electron chi connectivity index (χ1n) is 4.90. The average Bonchev–Trinajstić information content (AvgIpc) is 2.27. The Labute approximate surface area is 89.2 Å². The molecule has 0 bridgehead atoms. The maximum absolute atomic E-state index is 11.3. The van der Waals surface area contributed by atoms with Crippen molar-refractivity contribution < 1.29 is 9.53 Å². The second-order valence-electron chi connectivity index (χ2n) is 3.25. The van der Waals surface area contributed by atoms with Crippen LogP contribution in [-0.2, 0) is 16.0 Å². The van der Waals surface area contributed by atoms with Crippen molar-refractivity contribution in [2.45, 2.75) is 12.5 Å². The van der Waals surface area contributed by atoms with Gasteiger partial charge >= 0.3 is 5.97 Å². The molecule has 0 aliphatic carbocycles. The molecule has 1 atom stereocenters. The van der Waals surface area contributed by atoms with Crippen LogP contribution in [0.4, 0.5) is 0 Å². The Kier molecular flexibility index (Phi) is 4.80. The predicted octanol–water partition coefficient (Wildman–Crippen LogP) is 0.0583. The molecule has 0 saturated heterocycles. The van der Waals surface area contributed by atoms with Gasteiger partial charge < -0.3 is 16.2 Å². The highest BCUT2D eigenvalue weighted by atomic mass is 16.5. The zero-order valence-corrected chi connectivity index (χ0v) is 8.56. The van der Waals surface area contributed by atoms with Crippen LogP contribution in [-0.4, -0.2) is 25.2 Å². The summed E-state index contributed by atoms with van der Waals surface area (Å²) in [6, 6.07) is 8.98. The zero-order valence-electron chi connectivity index (χ0n) is 8.56. The number of hydrogen-bond donors (Lipinski definition) is 2. The summed E-state index contributed by atoms with van der Waals surface area (Å²) in [5.74, 6) is -0.399. The van der Waals surface area contributed by atoms with Crippen molar-refractivity contribution >= 4 is 5.97 Å². The Hall–Kier alpha value is -1.39. The lowest BCUT2D eigenvalue weighted by Crippen LogP contribution is -2.35. The first-order valence-corrected chi connectivity index (χ1v) is 4.90. The van der Waals surface area contributed by atoms with E-state index in [1.165, 1.54) is 0 Å². The van der Waals surface area contributed by atoms with Gasteiger partial charge in [0.1, 0.15) is 12.6 Å². The van der Waals surface area contributed by atoms with Crippen LogP contribution >= 0.6 is 0 Å². The van der Waals surface area contributed by atoms with Crippen LogP contribution in [0.5, 0.6) is 0 Å². The van der Waals surface area contributed by atoms with Gasteiger partial charge in [0.25, 0.3) is 0 Å². The van der Waals surface area contributed by atoms with Crippen LogP contribution in [0.1, 0.15) is 5.56 Å². The lowest BCUT2D eigenvalue weighted by molar-refractivity contribution is -0.144. The molecule has 15 heavy (non-hydrogen) atoms. The summed E-state index contributed by atoms with van der Waals surface area (Å²) in [5, 5.41) is 0. The van der Waals surface area contributed by atoms with E-state index in [4.69, 9.17) is 16.2 Å². The lowest BCUT2D eigenvalue weighted by atomic mass is 10.1. The van der Waals surface area contributed by atoms with Crippen molar-refractivity contribution in [1.29, 1.82) is 0 Å². The minimum Gasteiger partial charge on any atom is -0.463 e. The van der Waals surface area contributed by atoms with Crippen LogP contribution in [0.15, 0.2) is 30.3 Å². The van der Waals surface area contributed by atoms with Crippen LogP contribution in [0.25, 0.3) is 0 Å². The van der Waals surface area contributed by atoms with E-state index >= 15 is 0 Å². The van der Waals surface area contributed by atoms with Gasteiger partial charge in [0, 0.05) is 6.54 Å². The van der Waals surface area contributed by atoms with Crippen molar-refractivity contribution in [2.24, 2.45) is 11.5 Å². The van der Waals surface area contributed by atoms with Crippen LogP contribution in [0, 0.1) is 0 Å². The van der Waals surface area contributed by atoms with E-state index in [-0.39, 0.29) is 6.61 Å². The summed E-state index contributed by atoms with van der Waals surface area (Å²) >= 11 is 0. The van der Waals surface area contributed by atoms with E-state index < -0.39 is 12.0 Å². The van der Waals surface area contributed by atoms with Crippen molar-refractivity contribution in [3.63, 3.8) is 0 Å². The molecule has 0 aromatic heterocycles. The molecule has 0 radical (unpaired) electrons. The van der Waals surface area contributed by atoms with Gasteiger partial charge in [-0.15, -0.1) is 0 Å². The Balaban J connectivity index is 2.41. The number of ether oxygens (including phenoxy) is 1. The van der Waals surface area contributed by atoms with Gasteiger partial charge in [-0.1, -0.05) is 30.3 Å². The second-order valence-corrected chi connectivity index (χ2v) is 3.25. The number of carbonyl (C=O) groups is 1. The Morgan fingerprint density at radius 1 is 1.33 bits per heavy atom. The van der Waals surface area contributed by atoms with Gasteiger partial charge in [0.15, 0.2) is 0 Å². The maximum Gasteiger partial charge on any atom is 0.323 e. The summed E-state index contributed by atoms with van der Waals surface area (Å²) in [6.07, 6.45) is 0.490. The highest BCUT2D eigenvalue weighted by Gasteiger charge is 2.14. The fraction of sp³-hybridized carbons (Fsp3) is 0.364. The molecule has 4 N–H and O–H groups in total. The average molecular weight is 208 g/mol. The number of nitrogens with two attached hydrogens (primary N) is 2. The quantitative estimate of drug-likeness (QED) is 0.671. The maximum atomic E-state index is 11.3. The SMILES string of the molecule is NCCOC(=O)[C@H](N)Cc1ccccc1. The van der Waals surface area contributed by atoms with E-state index in [1.807, 2.05) is 30.3 Å². The number of rotatable bonds is 5. The van der Waals surface area contributed by atoms with Gasteiger partial charge in [0.2, 0.25) is 0 Å². The second kappa shape index (κ2) is 6.16. The molecule has 4 heteroatoms. The molecule has 0 spiro atoms. The Morgan fingerprint density at radius 2 is 2.00 bits per heavy atom.